The molecule has 0 aliphatic heterocycles. The summed E-state index contributed by atoms with van der Waals surface area (Å²) in [7, 11) is 0. The van der Waals surface area contributed by atoms with Crippen molar-refractivity contribution in [3.63, 3.8) is 0 Å². The monoisotopic (exact) mass is 385 g/mol. The van der Waals surface area contributed by atoms with Crippen molar-refractivity contribution in [3.05, 3.63) is 77.9 Å². The van der Waals surface area contributed by atoms with Gasteiger partial charge in [0.25, 0.3) is 5.91 Å². The number of carbonyl (C=O) groups excluding carboxylic acids is 1. The molecule has 0 fully saturated rings. The highest BCUT2D eigenvalue weighted by Gasteiger charge is 2.30. The number of nitrogens with one attached hydrogen (secondary N) is 1. The number of nitrogens with zero attached hydrogens (tertiary/aromatic N) is 4. The maximum atomic E-state index is 13.0. The van der Waals surface area contributed by atoms with Crippen molar-refractivity contribution in [1.29, 1.82) is 0 Å². The zero-order valence-electron chi connectivity index (χ0n) is 14.6. The molecule has 0 saturated carbocycles. The maximum Gasteiger partial charge on any atom is 0.416 e. The van der Waals surface area contributed by atoms with Crippen molar-refractivity contribution in [2.75, 3.05) is 5.32 Å². The Hall–Kier alpha value is -3.62. The molecule has 0 saturated heterocycles. The van der Waals surface area contributed by atoms with Crippen molar-refractivity contribution in [3.8, 4) is 5.69 Å². The number of aromatic nitrogens is 4. The third kappa shape index (κ3) is 3.22. The van der Waals surface area contributed by atoms with E-state index in [4.69, 9.17) is 0 Å². The molecule has 0 aliphatic rings. The lowest BCUT2D eigenvalue weighted by Gasteiger charge is -2.09. The van der Waals surface area contributed by atoms with E-state index >= 15 is 0 Å². The van der Waals surface area contributed by atoms with E-state index in [2.05, 4.69) is 15.4 Å². The molecule has 4 rings (SSSR count). The largest absolute Gasteiger partial charge is 0.416 e. The molecule has 6 nitrogen and oxygen atoms in total. The Morgan fingerprint density at radius 1 is 1.11 bits per heavy atom. The Balaban J connectivity index is 1.62. The van der Waals surface area contributed by atoms with Crippen LogP contribution in [0.4, 0.5) is 19.0 Å². The number of carbonyl (C=O) groups is 1. The first-order valence-electron chi connectivity index (χ1n) is 8.31. The Morgan fingerprint density at radius 2 is 1.93 bits per heavy atom. The van der Waals surface area contributed by atoms with Crippen LogP contribution in [0.15, 0.2) is 60.9 Å². The Bertz CT molecular complexity index is 1180. The van der Waals surface area contributed by atoms with Crippen LogP contribution in [-0.2, 0) is 6.18 Å². The molecule has 28 heavy (non-hydrogen) atoms. The van der Waals surface area contributed by atoms with E-state index in [9.17, 15) is 18.0 Å². The van der Waals surface area contributed by atoms with Crippen LogP contribution in [-0.4, -0.2) is 25.1 Å². The molecule has 0 radical (unpaired) electrons. The predicted octanol–water partition coefficient (Wildman–Crippen LogP) is 4.10. The van der Waals surface area contributed by atoms with Crippen molar-refractivity contribution in [1.82, 2.24) is 19.2 Å². The Labute approximate surface area is 157 Å². The first-order valence-corrected chi connectivity index (χ1v) is 8.31. The molecule has 3 aromatic heterocycles. The number of anilines is 1. The Kier molecular flexibility index (Phi) is 4.14. The molecule has 3 heterocycles. The molecule has 0 bridgehead atoms. The van der Waals surface area contributed by atoms with Crippen molar-refractivity contribution < 1.29 is 18.0 Å². The van der Waals surface area contributed by atoms with Crippen LogP contribution in [0, 0.1) is 6.92 Å². The van der Waals surface area contributed by atoms with E-state index in [1.807, 2.05) is 6.07 Å². The molecule has 142 valence electrons. The first kappa shape index (κ1) is 17.8. The average Bonchev–Trinajstić information content (AvgIpc) is 3.24. The summed E-state index contributed by atoms with van der Waals surface area (Å²) in [6.45, 7) is 1.69. The SMILES string of the molecule is Cc1cc(NC(=O)c2cnc3ccccn23)nn1-c1cccc(C(F)(F)F)c1. The van der Waals surface area contributed by atoms with Gasteiger partial charge in [-0.2, -0.15) is 13.2 Å². The van der Waals surface area contributed by atoms with Crippen LogP contribution in [0.1, 0.15) is 21.7 Å². The van der Waals surface area contributed by atoms with E-state index in [1.165, 1.54) is 23.0 Å². The van der Waals surface area contributed by atoms with Gasteiger partial charge >= 0.3 is 6.18 Å². The smallest absolute Gasteiger partial charge is 0.304 e. The number of rotatable bonds is 3. The molecule has 1 aromatic carbocycles. The lowest BCUT2D eigenvalue weighted by molar-refractivity contribution is -0.137. The van der Waals surface area contributed by atoms with Crippen molar-refractivity contribution >= 4 is 17.4 Å². The van der Waals surface area contributed by atoms with Crippen molar-refractivity contribution in [2.24, 2.45) is 0 Å². The standard InChI is InChI=1S/C19H14F3N5O/c1-12-9-16(24-18(28)15-11-23-17-7-2-3-8-26(15)17)25-27(12)14-6-4-5-13(10-14)19(20,21)22/h2-11H,1H3,(H,24,25,28). The topological polar surface area (TPSA) is 64.2 Å². The van der Waals surface area contributed by atoms with Gasteiger partial charge in [-0.05, 0) is 37.3 Å². The number of fused-ring (bicyclic) bond motifs is 1. The quantitative estimate of drug-likeness (QED) is 0.578. The summed E-state index contributed by atoms with van der Waals surface area (Å²) in [4.78, 5) is 16.7. The molecular weight excluding hydrogens is 371 g/mol. The molecule has 4 aromatic rings. The van der Waals surface area contributed by atoms with Gasteiger partial charge in [0.05, 0.1) is 17.4 Å². The van der Waals surface area contributed by atoms with E-state index in [-0.39, 0.29) is 11.5 Å². The highest BCUT2D eigenvalue weighted by Crippen LogP contribution is 2.30. The summed E-state index contributed by atoms with van der Waals surface area (Å²) >= 11 is 0. The highest BCUT2D eigenvalue weighted by molar-refractivity contribution is 6.03. The fourth-order valence-corrected chi connectivity index (χ4v) is 2.89. The number of alkyl halides is 3. The number of amides is 1. The molecule has 0 spiro atoms. The van der Waals surface area contributed by atoms with Gasteiger partial charge in [0, 0.05) is 18.0 Å². The summed E-state index contributed by atoms with van der Waals surface area (Å²) in [5, 5.41) is 6.88. The summed E-state index contributed by atoms with van der Waals surface area (Å²) in [5.41, 5.74) is 1.01. The van der Waals surface area contributed by atoms with Gasteiger partial charge in [-0.1, -0.05) is 12.1 Å². The van der Waals surface area contributed by atoms with Gasteiger partial charge in [0.1, 0.15) is 11.3 Å². The number of pyridine rings is 1. The molecule has 1 N–H and O–H groups in total. The van der Waals surface area contributed by atoms with E-state index in [1.54, 1.807) is 35.7 Å². The lowest BCUT2D eigenvalue weighted by Crippen LogP contribution is -2.15. The van der Waals surface area contributed by atoms with Gasteiger partial charge in [-0.15, -0.1) is 5.10 Å². The lowest BCUT2D eigenvalue weighted by atomic mass is 10.2. The molecule has 0 atom stereocenters. The van der Waals surface area contributed by atoms with Crippen LogP contribution < -0.4 is 5.32 Å². The fraction of sp³-hybridized carbons (Fsp3) is 0.105. The minimum absolute atomic E-state index is 0.228. The van der Waals surface area contributed by atoms with Gasteiger partial charge < -0.3 is 5.32 Å². The van der Waals surface area contributed by atoms with E-state index in [0.29, 0.717) is 17.0 Å². The predicted molar refractivity (Wildman–Crippen MR) is 96.4 cm³/mol. The number of halogens is 3. The normalized spacial score (nSPS) is 11.7. The number of hydrogen-bond acceptors (Lipinski definition) is 3. The third-order valence-corrected chi connectivity index (χ3v) is 4.20. The average molecular weight is 385 g/mol. The second-order valence-electron chi connectivity index (χ2n) is 6.16. The highest BCUT2D eigenvalue weighted by atomic mass is 19.4. The summed E-state index contributed by atoms with van der Waals surface area (Å²) < 4.78 is 41.8. The number of imidazole rings is 1. The van der Waals surface area contributed by atoms with Gasteiger partial charge in [-0.25, -0.2) is 9.67 Å². The van der Waals surface area contributed by atoms with Crippen LogP contribution in [0.25, 0.3) is 11.3 Å². The first-order chi connectivity index (χ1) is 13.3. The maximum absolute atomic E-state index is 13.0. The number of aryl methyl sites for hydroxylation is 1. The second kappa shape index (κ2) is 6.52. The van der Waals surface area contributed by atoms with Crippen LogP contribution in [0.2, 0.25) is 0 Å². The zero-order valence-corrected chi connectivity index (χ0v) is 14.6. The minimum Gasteiger partial charge on any atom is -0.304 e. The van der Waals surface area contributed by atoms with Crippen molar-refractivity contribution in [2.45, 2.75) is 13.1 Å². The third-order valence-electron chi connectivity index (χ3n) is 4.20. The van der Waals surface area contributed by atoms with Crippen LogP contribution in [0.5, 0.6) is 0 Å². The van der Waals surface area contributed by atoms with Gasteiger partial charge in [0.15, 0.2) is 5.82 Å². The summed E-state index contributed by atoms with van der Waals surface area (Å²) in [6.07, 6.45) is -1.29. The molecule has 0 aliphatic carbocycles. The number of benzene rings is 1. The van der Waals surface area contributed by atoms with Crippen LogP contribution >= 0.6 is 0 Å². The van der Waals surface area contributed by atoms with E-state index < -0.39 is 17.6 Å². The number of hydrogen-bond donors (Lipinski definition) is 1. The molecule has 9 heteroatoms. The molecule has 0 unspecified atom stereocenters. The van der Waals surface area contributed by atoms with Crippen LogP contribution in [0.3, 0.4) is 0 Å². The summed E-state index contributed by atoms with van der Waals surface area (Å²) in [5.74, 6) is -0.196. The summed E-state index contributed by atoms with van der Waals surface area (Å²) in [6, 6.07) is 11.8. The minimum atomic E-state index is -4.45. The second-order valence-corrected chi connectivity index (χ2v) is 6.16. The van der Waals surface area contributed by atoms with Gasteiger partial charge in [0.2, 0.25) is 0 Å². The Morgan fingerprint density at radius 3 is 2.71 bits per heavy atom. The zero-order chi connectivity index (χ0) is 19.9. The van der Waals surface area contributed by atoms with Gasteiger partial charge in [-0.3, -0.25) is 9.20 Å². The van der Waals surface area contributed by atoms with E-state index in [0.717, 1.165) is 12.1 Å². The molecular formula is C19H14F3N5O. The molecule has 1 amide bonds. The fourth-order valence-electron chi connectivity index (χ4n) is 2.89.